The molecule has 2 aromatic carbocycles. The molecule has 7 nitrogen and oxygen atoms in total. The van der Waals surface area contributed by atoms with Crippen LogP contribution in [-0.4, -0.2) is 29.8 Å². The molecule has 0 aliphatic carbocycles. The van der Waals surface area contributed by atoms with E-state index in [1.807, 2.05) is 49.4 Å². The molecule has 3 rings (SSSR count). The summed E-state index contributed by atoms with van der Waals surface area (Å²) in [5.41, 5.74) is 6.15. The van der Waals surface area contributed by atoms with Crippen LogP contribution in [0.1, 0.15) is 22.3 Å². The number of carbonyl (C=O) groups is 2. The minimum absolute atomic E-state index is 0.207. The maximum Gasteiger partial charge on any atom is 0.281 e. The molecule has 0 atom stereocenters. The Bertz CT molecular complexity index is 933. The zero-order valence-corrected chi connectivity index (χ0v) is 15.0. The Labute approximate surface area is 156 Å². The number of benzene rings is 2. The lowest BCUT2D eigenvalue weighted by molar-refractivity contribution is -0.124. The number of rotatable bonds is 5. The summed E-state index contributed by atoms with van der Waals surface area (Å²) < 4.78 is 0. The fourth-order valence-corrected chi connectivity index (χ4v) is 2.89. The quantitative estimate of drug-likeness (QED) is 0.484. The molecule has 0 spiro atoms. The molecule has 0 fully saturated rings. The molecule has 27 heavy (non-hydrogen) atoms. The minimum Gasteiger partial charge on any atom is -0.398 e. The first kappa shape index (κ1) is 18.3. The molecule has 0 unspecified atom stereocenters. The van der Waals surface area contributed by atoms with Crippen LogP contribution in [0.4, 0.5) is 5.69 Å². The summed E-state index contributed by atoms with van der Waals surface area (Å²) in [4.78, 5) is 30.3. The second-order valence-corrected chi connectivity index (χ2v) is 6.09. The summed E-state index contributed by atoms with van der Waals surface area (Å²) in [6, 6.07) is 13.2. The van der Waals surface area contributed by atoms with E-state index in [0.717, 1.165) is 27.9 Å². The van der Waals surface area contributed by atoms with E-state index in [-0.39, 0.29) is 5.91 Å². The van der Waals surface area contributed by atoms with E-state index < -0.39 is 5.91 Å². The Morgan fingerprint density at radius 3 is 2.67 bits per heavy atom. The number of nitrogens with zero attached hydrogens (tertiary/aromatic N) is 2. The van der Waals surface area contributed by atoms with Crippen molar-refractivity contribution in [3.63, 3.8) is 0 Å². The number of anilines is 1. The molecule has 0 radical (unpaired) electrons. The standard InChI is InChI=1S/C20H19N3O4/c1-13-3-9-17-16(11-13)19(22-27-2)20(25)23(17)12-15-6-4-14(5-7-15)8-10-18(24)21-26/h3-11,26H,12H2,1-2H3,(H,21,24)/b10-8+,22-19-. The summed E-state index contributed by atoms with van der Waals surface area (Å²) in [6.07, 6.45) is 2.81. The lowest BCUT2D eigenvalue weighted by atomic mass is 10.1. The maximum absolute atomic E-state index is 12.8. The fourth-order valence-electron chi connectivity index (χ4n) is 2.89. The van der Waals surface area contributed by atoms with Crippen LogP contribution >= 0.6 is 0 Å². The van der Waals surface area contributed by atoms with Gasteiger partial charge in [0.2, 0.25) is 0 Å². The van der Waals surface area contributed by atoms with Gasteiger partial charge in [0.15, 0.2) is 5.71 Å². The van der Waals surface area contributed by atoms with E-state index >= 15 is 0 Å². The van der Waals surface area contributed by atoms with Crippen molar-refractivity contribution < 1.29 is 19.6 Å². The largest absolute Gasteiger partial charge is 0.398 e. The molecule has 2 N–H and O–H groups in total. The molecule has 2 amide bonds. The number of carbonyl (C=O) groups excluding carboxylic acids is 2. The average Bonchev–Trinajstić information content (AvgIpc) is 2.92. The van der Waals surface area contributed by atoms with Crippen molar-refractivity contribution >= 4 is 29.3 Å². The Morgan fingerprint density at radius 2 is 2.00 bits per heavy atom. The summed E-state index contributed by atoms with van der Waals surface area (Å²) >= 11 is 0. The summed E-state index contributed by atoms with van der Waals surface area (Å²) in [6.45, 7) is 2.35. The Balaban J connectivity index is 1.84. The fraction of sp³-hybridized carbons (Fsp3) is 0.150. The predicted octanol–water partition coefficient (Wildman–Crippen LogP) is 2.41. The third kappa shape index (κ3) is 3.88. The van der Waals surface area contributed by atoms with Crippen molar-refractivity contribution in [1.29, 1.82) is 0 Å². The molecule has 1 aliphatic rings. The van der Waals surface area contributed by atoms with Crippen molar-refractivity contribution in [1.82, 2.24) is 5.48 Å². The SMILES string of the molecule is CO/N=C1\C(=O)N(Cc2ccc(/C=C/C(=O)NO)cc2)c2ccc(C)cc21. The number of oxime groups is 1. The van der Waals surface area contributed by atoms with Crippen molar-refractivity contribution in [2.45, 2.75) is 13.5 Å². The summed E-state index contributed by atoms with van der Waals surface area (Å²) in [7, 11) is 1.42. The highest BCUT2D eigenvalue weighted by Gasteiger charge is 2.34. The molecule has 1 heterocycles. The van der Waals surface area contributed by atoms with Crippen LogP contribution in [-0.2, 0) is 21.0 Å². The van der Waals surface area contributed by atoms with Gasteiger partial charge in [0.1, 0.15) is 7.11 Å². The summed E-state index contributed by atoms with van der Waals surface area (Å²) in [5.74, 6) is -0.806. The Kier molecular flexibility index (Phi) is 5.33. The van der Waals surface area contributed by atoms with E-state index in [1.54, 1.807) is 11.0 Å². The third-order valence-electron chi connectivity index (χ3n) is 4.19. The third-order valence-corrected chi connectivity index (χ3v) is 4.19. The number of fused-ring (bicyclic) bond motifs is 1. The first-order chi connectivity index (χ1) is 13.0. The van der Waals surface area contributed by atoms with Gasteiger partial charge in [-0.05, 0) is 36.3 Å². The molecule has 0 saturated carbocycles. The van der Waals surface area contributed by atoms with E-state index in [9.17, 15) is 9.59 Å². The first-order valence-electron chi connectivity index (χ1n) is 8.28. The van der Waals surface area contributed by atoms with Crippen LogP contribution in [0.25, 0.3) is 6.08 Å². The monoisotopic (exact) mass is 365 g/mol. The minimum atomic E-state index is -0.599. The van der Waals surface area contributed by atoms with Crippen LogP contribution in [0.5, 0.6) is 0 Å². The van der Waals surface area contributed by atoms with Gasteiger partial charge >= 0.3 is 0 Å². The number of hydrogen-bond acceptors (Lipinski definition) is 5. The second-order valence-electron chi connectivity index (χ2n) is 6.09. The normalized spacial score (nSPS) is 14.7. The molecule has 138 valence electrons. The lowest BCUT2D eigenvalue weighted by Gasteiger charge is -2.17. The predicted molar refractivity (Wildman–Crippen MR) is 101 cm³/mol. The first-order valence-corrected chi connectivity index (χ1v) is 8.28. The zero-order valence-electron chi connectivity index (χ0n) is 15.0. The number of amides is 2. The van der Waals surface area contributed by atoms with Gasteiger partial charge in [0.05, 0.1) is 12.2 Å². The van der Waals surface area contributed by atoms with Gasteiger partial charge < -0.3 is 9.74 Å². The topological polar surface area (TPSA) is 91.2 Å². The van der Waals surface area contributed by atoms with Crippen LogP contribution in [0.2, 0.25) is 0 Å². The highest BCUT2D eigenvalue weighted by Crippen LogP contribution is 2.31. The van der Waals surface area contributed by atoms with E-state index in [0.29, 0.717) is 12.3 Å². The number of aryl methyl sites for hydroxylation is 1. The molecule has 7 heteroatoms. The van der Waals surface area contributed by atoms with Gasteiger partial charge in [-0.15, -0.1) is 0 Å². The van der Waals surface area contributed by atoms with E-state index in [1.165, 1.54) is 18.7 Å². The van der Waals surface area contributed by atoms with Crippen molar-refractivity contribution in [3.8, 4) is 0 Å². The van der Waals surface area contributed by atoms with Gasteiger partial charge in [-0.3, -0.25) is 14.8 Å². The van der Waals surface area contributed by atoms with Crippen LogP contribution in [0.3, 0.4) is 0 Å². The second kappa shape index (κ2) is 7.84. The van der Waals surface area contributed by atoms with Gasteiger partial charge in [-0.25, -0.2) is 5.48 Å². The number of hydroxylamine groups is 1. The molecular formula is C20H19N3O4. The van der Waals surface area contributed by atoms with E-state index in [2.05, 4.69) is 5.16 Å². The highest BCUT2D eigenvalue weighted by molar-refractivity contribution is 6.54. The van der Waals surface area contributed by atoms with Crippen molar-refractivity contribution in [3.05, 3.63) is 70.8 Å². The van der Waals surface area contributed by atoms with Crippen molar-refractivity contribution in [2.75, 3.05) is 12.0 Å². The molecule has 0 saturated heterocycles. The molecule has 2 aromatic rings. The van der Waals surface area contributed by atoms with Gasteiger partial charge in [-0.2, -0.15) is 0 Å². The van der Waals surface area contributed by atoms with Crippen LogP contribution in [0, 0.1) is 6.92 Å². The van der Waals surface area contributed by atoms with Gasteiger partial charge in [0.25, 0.3) is 11.8 Å². The molecule has 0 bridgehead atoms. The van der Waals surface area contributed by atoms with Crippen molar-refractivity contribution in [2.24, 2.45) is 5.16 Å². The van der Waals surface area contributed by atoms with Crippen LogP contribution < -0.4 is 10.4 Å². The lowest BCUT2D eigenvalue weighted by Crippen LogP contribution is -2.29. The molecule has 1 aliphatic heterocycles. The Morgan fingerprint density at radius 1 is 1.26 bits per heavy atom. The zero-order chi connectivity index (χ0) is 19.4. The van der Waals surface area contributed by atoms with Crippen LogP contribution in [0.15, 0.2) is 53.7 Å². The average molecular weight is 365 g/mol. The summed E-state index contributed by atoms with van der Waals surface area (Å²) in [5, 5.41) is 12.4. The van der Waals surface area contributed by atoms with Gasteiger partial charge in [-0.1, -0.05) is 41.1 Å². The number of nitrogens with one attached hydrogen (secondary N) is 1. The smallest absolute Gasteiger partial charge is 0.281 e. The maximum atomic E-state index is 12.8. The highest BCUT2D eigenvalue weighted by atomic mass is 16.6. The van der Waals surface area contributed by atoms with E-state index in [4.69, 9.17) is 10.0 Å². The Hall–Kier alpha value is -3.45. The van der Waals surface area contributed by atoms with Gasteiger partial charge in [0, 0.05) is 11.6 Å². The molecule has 0 aromatic heterocycles. The number of hydrogen-bond donors (Lipinski definition) is 2. The molecular weight excluding hydrogens is 346 g/mol.